The molecule has 0 bridgehead atoms. The summed E-state index contributed by atoms with van der Waals surface area (Å²) in [5.74, 6) is -0.901. The maximum Gasteiger partial charge on any atom is 0.255 e. The summed E-state index contributed by atoms with van der Waals surface area (Å²) >= 11 is 5.98. The third kappa shape index (κ3) is 7.06. The minimum Gasteiger partial charge on any atom is -0.493 e. The Morgan fingerprint density at radius 1 is 1.08 bits per heavy atom. The van der Waals surface area contributed by atoms with Gasteiger partial charge in [0.1, 0.15) is 11.4 Å². The molecule has 1 aromatic heterocycles. The third-order valence-corrected chi connectivity index (χ3v) is 6.32. The molecular weight excluding hydrogens is 513 g/mol. The molecule has 5 N–H and O–H groups in total. The summed E-state index contributed by atoms with van der Waals surface area (Å²) in [4.78, 5) is 28.6. The number of aliphatic hydroxyl groups is 1. The molecule has 8 nitrogen and oxygen atoms in total. The van der Waals surface area contributed by atoms with Crippen molar-refractivity contribution in [2.24, 2.45) is 11.5 Å². The minimum atomic E-state index is -1.50. The molecule has 1 heterocycles. The van der Waals surface area contributed by atoms with Gasteiger partial charge in [-0.05, 0) is 81.3 Å². The Morgan fingerprint density at radius 3 is 2.39 bits per heavy atom. The number of benzene rings is 2. The van der Waals surface area contributed by atoms with E-state index in [1.54, 1.807) is 31.2 Å². The quantitative estimate of drug-likeness (QED) is 0.303. The fraction of sp³-hybridized carbons (Fsp3) is 0.321. The van der Waals surface area contributed by atoms with Crippen LogP contribution in [-0.4, -0.2) is 35.5 Å². The lowest BCUT2D eigenvalue weighted by Crippen LogP contribution is -2.31. The zero-order valence-electron chi connectivity index (χ0n) is 21.7. The van der Waals surface area contributed by atoms with Crippen molar-refractivity contribution in [3.8, 4) is 22.8 Å². The van der Waals surface area contributed by atoms with Crippen LogP contribution in [0.4, 0.5) is 4.39 Å². The van der Waals surface area contributed by atoms with Crippen LogP contribution in [0.15, 0.2) is 48.5 Å². The van der Waals surface area contributed by atoms with Crippen molar-refractivity contribution < 1.29 is 28.6 Å². The molecule has 38 heavy (non-hydrogen) atoms. The lowest BCUT2D eigenvalue weighted by atomic mass is 9.88. The van der Waals surface area contributed by atoms with Gasteiger partial charge in [0.2, 0.25) is 0 Å². The number of amides is 1. The molecule has 3 rings (SSSR count). The van der Waals surface area contributed by atoms with Crippen molar-refractivity contribution in [2.45, 2.75) is 44.8 Å². The van der Waals surface area contributed by atoms with Crippen LogP contribution in [0.25, 0.3) is 11.3 Å². The molecule has 3 aromatic rings. The van der Waals surface area contributed by atoms with E-state index in [0.29, 0.717) is 28.1 Å². The summed E-state index contributed by atoms with van der Waals surface area (Å²) in [5, 5.41) is 11.3. The number of primary amides is 1. The maximum atomic E-state index is 13.7. The largest absolute Gasteiger partial charge is 0.493 e. The summed E-state index contributed by atoms with van der Waals surface area (Å²) in [5.41, 5.74) is 11.6. The van der Waals surface area contributed by atoms with Crippen molar-refractivity contribution in [1.29, 1.82) is 0 Å². The van der Waals surface area contributed by atoms with Gasteiger partial charge in [-0.25, -0.2) is 9.37 Å². The number of halogens is 2. The second-order valence-corrected chi connectivity index (χ2v) is 10.2. The first-order valence-electron chi connectivity index (χ1n) is 11.8. The molecule has 0 unspecified atom stereocenters. The van der Waals surface area contributed by atoms with E-state index >= 15 is 0 Å². The summed E-state index contributed by atoms with van der Waals surface area (Å²) in [6.45, 7) is 4.87. The molecule has 0 saturated carbocycles. The van der Waals surface area contributed by atoms with Crippen LogP contribution in [-0.2, 0) is 15.9 Å². The van der Waals surface area contributed by atoms with E-state index < -0.39 is 22.9 Å². The molecule has 0 aliphatic carbocycles. The number of hydrogen-bond acceptors (Lipinski definition) is 7. The van der Waals surface area contributed by atoms with Gasteiger partial charge in [0.25, 0.3) is 5.91 Å². The molecule has 0 aliphatic heterocycles. The van der Waals surface area contributed by atoms with E-state index in [4.69, 9.17) is 32.5 Å². The van der Waals surface area contributed by atoms with E-state index in [1.165, 1.54) is 31.4 Å². The van der Waals surface area contributed by atoms with Crippen LogP contribution in [0.3, 0.4) is 0 Å². The third-order valence-electron chi connectivity index (χ3n) is 6.03. The van der Waals surface area contributed by atoms with Crippen molar-refractivity contribution >= 4 is 23.3 Å². The first-order valence-corrected chi connectivity index (χ1v) is 12.2. The first kappa shape index (κ1) is 29.0. The number of Topliss-reactive ketones (excluding diaryl/α,β-unsaturated/α-hetero) is 1. The number of methoxy groups -OCH3 is 1. The SMILES string of the molecule is COc1cc(C(=O)CC[C@](C)(O)c2cc(C(C)(C)N)cc(-c3ccc(F)c(Cl)c3)n2)ccc1OCC(N)=O. The molecule has 0 aliphatic rings. The molecule has 0 saturated heterocycles. The maximum absolute atomic E-state index is 13.7. The van der Waals surface area contributed by atoms with E-state index in [9.17, 15) is 19.1 Å². The number of ether oxygens (including phenoxy) is 2. The van der Waals surface area contributed by atoms with Crippen LogP contribution in [0.5, 0.6) is 11.5 Å². The van der Waals surface area contributed by atoms with Gasteiger partial charge in [-0.2, -0.15) is 0 Å². The average Bonchev–Trinajstić information content (AvgIpc) is 2.86. The van der Waals surface area contributed by atoms with Crippen LogP contribution in [0.2, 0.25) is 5.02 Å². The minimum absolute atomic E-state index is 0.00667. The summed E-state index contributed by atoms with van der Waals surface area (Å²) in [7, 11) is 1.41. The van der Waals surface area contributed by atoms with Gasteiger partial charge in [0.15, 0.2) is 23.9 Å². The summed E-state index contributed by atoms with van der Waals surface area (Å²) in [6.07, 6.45) is 0.0480. The highest BCUT2D eigenvalue weighted by atomic mass is 35.5. The number of nitrogens with zero attached hydrogens (tertiary/aromatic N) is 1. The second-order valence-electron chi connectivity index (χ2n) is 9.79. The van der Waals surface area contributed by atoms with Gasteiger partial charge in [0.05, 0.1) is 23.5 Å². The predicted octanol–water partition coefficient (Wildman–Crippen LogP) is 4.48. The topological polar surface area (TPSA) is 138 Å². The highest BCUT2D eigenvalue weighted by Gasteiger charge is 2.29. The molecule has 10 heteroatoms. The summed E-state index contributed by atoms with van der Waals surface area (Å²) < 4.78 is 24.3. The molecule has 0 fully saturated rings. The number of aromatic nitrogens is 1. The van der Waals surface area contributed by atoms with Crippen LogP contribution in [0, 0.1) is 5.82 Å². The lowest BCUT2D eigenvalue weighted by molar-refractivity contribution is -0.119. The van der Waals surface area contributed by atoms with E-state index in [0.717, 1.165) is 0 Å². The van der Waals surface area contributed by atoms with E-state index in [2.05, 4.69) is 4.98 Å². The van der Waals surface area contributed by atoms with E-state index in [1.807, 2.05) is 13.8 Å². The van der Waals surface area contributed by atoms with Gasteiger partial charge in [-0.15, -0.1) is 0 Å². The zero-order valence-corrected chi connectivity index (χ0v) is 22.4. The molecule has 1 amide bonds. The molecule has 1 atom stereocenters. The van der Waals surface area contributed by atoms with Crippen molar-refractivity contribution in [2.75, 3.05) is 13.7 Å². The molecule has 0 radical (unpaired) electrons. The zero-order chi connectivity index (χ0) is 28.3. The second kappa shape index (κ2) is 11.5. The Kier molecular flexibility index (Phi) is 8.76. The number of hydrogen-bond donors (Lipinski definition) is 3. The van der Waals surface area contributed by atoms with Gasteiger partial charge in [-0.1, -0.05) is 11.6 Å². The fourth-order valence-corrected chi connectivity index (χ4v) is 3.90. The number of ketones is 1. The van der Waals surface area contributed by atoms with Crippen LogP contribution >= 0.6 is 11.6 Å². The molecule has 0 spiro atoms. The van der Waals surface area contributed by atoms with Crippen LogP contribution in [0.1, 0.15) is 55.2 Å². The Balaban J connectivity index is 1.87. The summed E-state index contributed by atoms with van der Waals surface area (Å²) in [6, 6.07) is 12.3. The fourth-order valence-electron chi connectivity index (χ4n) is 3.72. The normalized spacial score (nSPS) is 13.1. The lowest BCUT2D eigenvalue weighted by Gasteiger charge is -2.27. The highest BCUT2D eigenvalue weighted by Crippen LogP contribution is 2.34. The highest BCUT2D eigenvalue weighted by molar-refractivity contribution is 6.31. The van der Waals surface area contributed by atoms with Gasteiger partial charge >= 0.3 is 0 Å². The number of nitrogens with two attached hydrogens (primary N) is 2. The number of carbonyl (C=O) groups is 2. The molecular formula is C28H31ClFN3O5. The van der Waals surface area contributed by atoms with Crippen molar-refractivity contribution in [1.82, 2.24) is 4.98 Å². The molecule has 202 valence electrons. The van der Waals surface area contributed by atoms with Crippen molar-refractivity contribution in [3.63, 3.8) is 0 Å². The Morgan fingerprint density at radius 2 is 1.79 bits per heavy atom. The molecule has 2 aromatic carbocycles. The standard InChI is InChI=1S/C28H31ClFN3O5/c1-27(2,32)18-13-21(16-5-7-20(30)19(29)11-16)33-25(14-18)28(3,36)10-9-22(34)17-6-8-23(24(12-17)37-4)38-15-26(31)35/h5-8,11-14,36H,9-10,15,32H2,1-4H3,(H2,31,35)/t28-/m0/s1. The van der Waals surface area contributed by atoms with Gasteiger partial charge in [0, 0.05) is 23.1 Å². The first-order chi connectivity index (χ1) is 17.7. The smallest absolute Gasteiger partial charge is 0.255 e. The number of rotatable bonds is 11. The number of pyridine rings is 1. The van der Waals surface area contributed by atoms with Crippen LogP contribution < -0.4 is 20.9 Å². The average molecular weight is 544 g/mol. The van der Waals surface area contributed by atoms with E-state index in [-0.39, 0.29) is 41.8 Å². The Hall–Kier alpha value is -3.53. The van der Waals surface area contributed by atoms with Gasteiger partial charge in [-0.3, -0.25) is 9.59 Å². The van der Waals surface area contributed by atoms with Gasteiger partial charge < -0.3 is 26.0 Å². The monoisotopic (exact) mass is 543 g/mol. The van der Waals surface area contributed by atoms with Crippen molar-refractivity contribution in [3.05, 3.63) is 76.2 Å². The Bertz CT molecular complexity index is 1350. The number of carbonyl (C=O) groups excluding carboxylic acids is 2. The Labute approximate surface area is 225 Å². The predicted molar refractivity (Wildman–Crippen MR) is 143 cm³/mol.